The molecule has 112 valence electrons. The molecule has 3 aromatic rings. The molecule has 0 fully saturated rings. The number of rotatable bonds is 4. The number of carbonyl (C=O) groups is 1. The molecule has 0 unspecified atom stereocenters. The summed E-state index contributed by atoms with van der Waals surface area (Å²) < 4.78 is 0. The number of benzene rings is 1. The Labute approximate surface area is 135 Å². The SMILES string of the molecule is C[C@@H](O)c1ncc(C(=O)Nc2ccc(-c3nccs3)cc2)s1. The van der Waals surface area contributed by atoms with Gasteiger partial charge in [-0.3, -0.25) is 4.79 Å². The second-order valence-electron chi connectivity index (χ2n) is 4.61. The standard InChI is InChI=1S/C15H13N3O2S2/c1-9(19)14-17-8-12(22-14)13(20)18-11-4-2-10(3-5-11)15-16-6-7-21-15/h2-9,19H,1H3,(H,18,20)/t9-/m1/s1. The van der Waals surface area contributed by atoms with E-state index < -0.39 is 6.10 Å². The molecule has 3 rings (SSSR count). The van der Waals surface area contributed by atoms with E-state index in [4.69, 9.17) is 0 Å². The van der Waals surface area contributed by atoms with Gasteiger partial charge in [-0.15, -0.1) is 22.7 Å². The van der Waals surface area contributed by atoms with Gasteiger partial charge in [0.1, 0.15) is 21.0 Å². The van der Waals surface area contributed by atoms with Gasteiger partial charge in [-0.1, -0.05) is 0 Å². The first-order valence-corrected chi connectivity index (χ1v) is 8.28. The van der Waals surface area contributed by atoms with E-state index in [2.05, 4.69) is 15.3 Å². The molecule has 0 saturated heterocycles. The zero-order valence-electron chi connectivity index (χ0n) is 11.7. The van der Waals surface area contributed by atoms with E-state index in [0.717, 1.165) is 10.6 Å². The Morgan fingerprint density at radius 3 is 2.64 bits per heavy atom. The zero-order valence-corrected chi connectivity index (χ0v) is 13.3. The number of aliphatic hydroxyl groups is 1. The molecule has 0 spiro atoms. The molecular weight excluding hydrogens is 318 g/mol. The van der Waals surface area contributed by atoms with Crippen LogP contribution >= 0.6 is 22.7 Å². The van der Waals surface area contributed by atoms with Crippen LogP contribution in [0.1, 0.15) is 27.7 Å². The Balaban J connectivity index is 1.71. The summed E-state index contributed by atoms with van der Waals surface area (Å²) >= 11 is 2.76. The van der Waals surface area contributed by atoms with Crippen molar-refractivity contribution in [2.45, 2.75) is 13.0 Å². The van der Waals surface area contributed by atoms with E-state index >= 15 is 0 Å². The van der Waals surface area contributed by atoms with E-state index in [1.807, 2.05) is 29.6 Å². The Kier molecular flexibility index (Phi) is 4.28. The van der Waals surface area contributed by atoms with E-state index in [0.29, 0.717) is 15.6 Å². The van der Waals surface area contributed by atoms with Gasteiger partial charge in [0.25, 0.3) is 5.91 Å². The molecule has 1 aromatic carbocycles. The number of hydrogen-bond donors (Lipinski definition) is 2. The van der Waals surface area contributed by atoms with E-state index in [9.17, 15) is 9.90 Å². The first-order valence-electron chi connectivity index (χ1n) is 6.58. The van der Waals surface area contributed by atoms with Crippen LogP contribution in [0.25, 0.3) is 10.6 Å². The number of anilines is 1. The van der Waals surface area contributed by atoms with Gasteiger partial charge in [-0.2, -0.15) is 0 Å². The van der Waals surface area contributed by atoms with Crippen molar-refractivity contribution < 1.29 is 9.90 Å². The van der Waals surface area contributed by atoms with Crippen LogP contribution in [-0.2, 0) is 0 Å². The predicted molar refractivity (Wildman–Crippen MR) is 88.3 cm³/mol. The third kappa shape index (κ3) is 3.22. The molecule has 2 aromatic heterocycles. The van der Waals surface area contributed by atoms with Gasteiger partial charge in [0.15, 0.2) is 0 Å². The molecule has 1 amide bonds. The molecular formula is C15H13N3O2S2. The second kappa shape index (κ2) is 6.35. The molecule has 0 aliphatic rings. The van der Waals surface area contributed by atoms with Crippen LogP contribution in [0, 0.1) is 0 Å². The average Bonchev–Trinajstić information content (AvgIpc) is 3.20. The number of nitrogens with one attached hydrogen (secondary N) is 1. The number of amides is 1. The number of aliphatic hydroxyl groups excluding tert-OH is 1. The lowest BCUT2D eigenvalue weighted by Gasteiger charge is -2.04. The van der Waals surface area contributed by atoms with Crippen LogP contribution in [0.4, 0.5) is 5.69 Å². The van der Waals surface area contributed by atoms with Gasteiger partial charge in [0, 0.05) is 22.8 Å². The second-order valence-corrected chi connectivity index (χ2v) is 6.56. The van der Waals surface area contributed by atoms with Crippen LogP contribution in [0.15, 0.2) is 42.0 Å². The van der Waals surface area contributed by atoms with Crippen molar-refractivity contribution in [1.29, 1.82) is 0 Å². The molecule has 7 heteroatoms. The van der Waals surface area contributed by atoms with E-state index in [1.165, 1.54) is 17.5 Å². The monoisotopic (exact) mass is 331 g/mol. The minimum absolute atomic E-state index is 0.230. The Bertz CT molecular complexity index is 764. The lowest BCUT2D eigenvalue weighted by molar-refractivity contribution is 0.103. The minimum atomic E-state index is -0.663. The summed E-state index contributed by atoms with van der Waals surface area (Å²) in [4.78, 5) is 20.9. The van der Waals surface area contributed by atoms with Crippen LogP contribution in [0.2, 0.25) is 0 Å². The first kappa shape index (κ1) is 14.8. The number of aromatic nitrogens is 2. The van der Waals surface area contributed by atoms with Crippen molar-refractivity contribution in [3.05, 3.63) is 51.9 Å². The summed E-state index contributed by atoms with van der Waals surface area (Å²) in [7, 11) is 0. The molecule has 0 saturated carbocycles. The summed E-state index contributed by atoms with van der Waals surface area (Å²) in [5.74, 6) is -0.230. The topological polar surface area (TPSA) is 75.1 Å². The minimum Gasteiger partial charge on any atom is -0.386 e. The van der Waals surface area contributed by atoms with Crippen molar-refractivity contribution >= 4 is 34.3 Å². The van der Waals surface area contributed by atoms with Gasteiger partial charge < -0.3 is 10.4 Å². The third-order valence-electron chi connectivity index (χ3n) is 2.93. The Morgan fingerprint density at radius 1 is 1.27 bits per heavy atom. The highest BCUT2D eigenvalue weighted by atomic mass is 32.1. The maximum absolute atomic E-state index is 12.1. The molecule has 22 heavy (non-hydrogen) atoms. The maximum atomic E-state index is 12.1. The van der Waals surface area contributed by atoms with Gasteiger partial charge >= 0.3 is 0 Å². The Hall–Kier alpha value is -2.09. The van der Waals surface area contributed by atoms with Crippen molar-refractivity contribution in [3.8, 4) is 10.6 Å². The van der Waals surface area contributed by atoms with Crippen LogP contribution in [0.5, 0.6) is 0 Å². The average molecular weight is 331 g/mol. The van der Waals surface area contributed by atoms with Gasteiger partial charge in [-0.05, 0) is 31.2 Å². The molecule has 0 aliphatic carbocycles. The summed E-state index contributed by atoms with van der Waals surface area (Å²) in [5.41, 5.74) is 1.72. The largest absolute Gasteiger partial charge is 0.386 e. The summed E-state index contributed by atoms with van der Waals surface area (Å²) in [5, 5.41) is 15.7. The van der Waals surface area contributed by atoms with Crippen molar-refractivity contribution in [2.24, 2.45) is 0 Å². The van der Waals surface area contributed by atoms with Gasteiger partial charge in [0.05, 0.1) is 6.20 Å². The van der Waals surface area contributed by atoms with E-state index in [-0.39, 0.29) is 5.91 Å². The molecule has 0 bridgehead atoms. The zero-order chi connectivity index (χ0) is 15.5. The van der Waals surface area contributed by atoms with Crippen LogP contribution < -0.4 is 5.32 Å². The number of carbonyl (C=O) groups excluding carboxylic acids is 1. The lowest BCUT2D eigenvalue weighted by atomic mass is 10.2. The van der Waals surface area contributed by atoms with E-state index in [1.54, 1.807) is 24.5 Å². The molecule has 5 nitrogen and oxygen atoms in total. The number of hydrogen-bond acceptors (Lipinski definition) is 6. The maximum Gasteiger partial charge on any atom is 0.267 e. The molecule has 0 radical (unpaired) electrons. The highest BCUT2D eigenvalue weighted by Crippen LogP contribution is 2.24. The van der Waals surface area contributed by atoms with Crippen molar-refractivity contribution in [1.82, 2.24) is 9.97 Å². The normalized spacial score (nSPS) is 12.1. The van der Waals surface area contributed by atoms with Crippen molar-refractivity contribution in [2.75, 3.05) is 5.32 Å². The first-order chi connectivity index (χ1) is 10.6. The molecule has 2 heterocycles. The third-order valence-corrected chi connectivity index (χ3v) is 4.92. The number of nitrogens with zero attached hydrogens (tertiary/aromatic N) is 2. The molecule has 2 N–H and O–H groups in total. The predicted octanol–water partition coefficient (Wildman–Crippen LogP) is 3.57. The highest BCUT2D eigenvalue weighted by Gasteiger charge is 2.13. The quantitative estimate of drug-likeness (QED) is 0.766. The lowest BCUT2D eigenvalue weighted by Crippen LogP contribution is -2.09. The van der Waals surface area contributed by atoms with Crippen LogP contribution in [0.3, 0.4) is 0 Å². The van der Waals surface area contributed by atoms with Crippen LogP contribution in [-0.4, -0.2) is 21.0 Å². The highest BCUT2D eigenvalue weighted by molar-refractivity contribution is 7.13. The summed E-state index contributed by atoms with van der Waals surface area (Å²) in [6.07, 6.45) is 2.58. The summed E-state index contributed by atoms with van der Waals surface area (Å²) in [6.45, 7) is 1.62. The Morgan fingerprint density at radius 2 is 2.05 bits per heavy atom. The molecule has 1 atom stereocenters. The summed E-state index contributed by atoms with van der Waals surface area (Å²) in [6, 6.07) is 7.52. The fraction of sp³-hybridized carbons (Fsp3) is 0.133. The fourth-order valence-electron chi connectivity index (χ4n) is 1.84. The smallest absolute Gasteiger partial charge is 0.267 e. The van der Waals surface area contributed by atoms with Gasteiger partial charge in [-0.25, -0.2) is 9.97 Å². The van der Waals surface area contributed by atoms with Gasteiger partial charge in [0.2, 0.25) is 0 Å². The fourth-order valence-corrected chi connectivity index (χ4v) is 3.24. The number of thiazole rings is 2. The van der Waals surface area contributed by atoms with Crippen molar-refractivity contribution in [3.63, 3.8) is 0 Å². The molecule has 0 aliphatic heterocycles.